The molecule has 0 N–H and O–H groups in total. The second-order valence-corrected chi connectivity index (χ2v) is 6.72. The summed E-state index contributed by atoms with van der Waals surface area (Å²) in [6.07, 6.45) is -5.09. The molecule has 0 spiro atoms. The maximum atomic E-state index is 12.7. The molecule has 0 atom stereocenters. The number of alkyl halides is 5. The first-order valence-corrected chi connectivity index (χ1v) is 8.66. The van der Waals surface area contributed by atoms with Crippen LogP contribution in [0.1, 0.15) is 16.1 Å². The quantitative estimate of drug-likeness (QED) is 0.550. The van der Waals surface area contributed by atoms with Gasteiger partial charge in [-0.25, -0.2) is 4.98 Å². The highest BCUT2D eigenvalue weighted by Gasteiger charge is 2.36. The van der Waals surface area contributed by atoms with Gasteiger partial charge in [0.25, 0.3) is 11.7 Å². The zero-order chi connectivity index (χ0) is 19.6. The Morgan fingerprint density at radius 2 is 1.85 bits per heavy atom. The molecule has 1 amide bonds. The van der Waals surface area contributed by atoms with Gasteiger partial charge >= 0.3 is 6.18 Å². The predicted octanol–water partition coefficient (Wildman–Crippen LogP) is 4.32. The zero-order valence-corrected chi connectivity index (χ0v) is 14.4. The summed E-state index contributed by atoms with van der Waals surface area (Å²) in [6, 6.07) is 9.34. The van der Waals surface area contributed by atoms with Crippen molar-refractivity contribution in [1.82, 2.24) is 9.88 Å². The molecule has 0 radical (unpaired) electrons. The van der Waals surface area contributed by atoms with Crippen molar-refractivity contribution in [3.63, 3.8) is 0 Å². The third-order valence-corrected chi connectivity index (χ3v) is 4.56. The fourth-order valence-corrected chi connectivity index (χ4v) is 3.13. The van der Waals surface area contributed by atoms with Gasteiger partial charge in [-0.05, 0) is 18.2 Å². The number of amides is 1. The molecule has 144 valence electrons. The molecule has 1 aromatic carbocycles. The molecule has 1 aliphatic rings. The molecular weight excluding hydrogens is 391 g/mol. The van der Waals surface area contributed by atoms with Crippen molar-refractivity contribution in [3.8, 4) is 5.88 Å². The van der Waals surface area contributed by atoms with Gasteiger partial charge in [0.05, 0.1) is 18.7 Å². The van der Waals surface area contributed by atoms with E-state index >= 15 is 0 Å². The minimum atomic E-state index is -4.58. The average molecular weight is 404 g/mol. The molecule has 0 aliphatic carbocycles. The van der Waals surface area contributed by atoms with E-state index in [0.29, 0.717) is 0 Å². The number of aromatic nitrogens is 1. The van der Waals surface area contributed by atoms with Crippen LogP contribution in [0, 0.1) is 0 Å². The zero-order valence-electron chi connectivity index (χ0n) is 13.6. The second kappa shape index (κ2) is 7.71. The normalized spacial score (nSPS) is 15.0. The minimum Gasteiger partial charge on any atom is -0.471 e. The van der Waals surface area contributed by atoms with E-state index < -0.39 is 29.6 Å². The van der Waals surface area contributed by atoms with Crippen molar-refractivity contribution >= 4 is 17.7 Å². The molecule has 0 saturated carbocycles. The van der Waals surface area contributed by atoms with Crippen LogP contribution < -0.4 is 4.74 Å². The van der Waals surface area contributed by atoms with Crippen LogP contribution in [0.25, 0.3) is 0 Å². The monoisotopic (exact) mass is 404 g/mol. The molecule has 2 aromatic rings. The summed E-state index contributed by atoms with van der Waals surface area (Å²) >= 11 is 0.284. The maximum Gasteiger partial charge on any atom is 0.433 e. The molecule has 1 saturated heterocycles. The lowest BCUT2D eigenvalue weighted by molar-refractivity contribution is -0.141. The molecule has 10 heteroatoms. The molecule has 0 bridgehead atoms. The van der Waals surface area contributed by atoms with E-state index in [4.69, 9.17) is 4.74 Å². The first-order chi connectivity index (χ1) is 12.7. The Labute approximate surface area is 155 Å². The largest absolute Gasteiger partial charge is 0.471 e. The van der Waals surface area contributed by atoms with E-state index in [1.54, 1.807) is 12.1 Å². The molecule has 3 rings (SSSR count). The van der Waals surface area contributed by atoms with E-state index in [2.05, 4.69) is 4.98 Å². The summed E-state index contributed by atoms with van der Waals surface area (Å²) in [5, 5.41) is 0. The lowest BCUT2D eigenvalue weighted by atomic mass is 10.1. The summed E-state index contributed by atoms with van der Waals surface area (Å²) in [4.78, 5) is 17.4. The highest BCUT2D eigenvalue weighted by Crippen LogP contribution is 2.31. The molecule has 2 heterocycles. The van der Waals surface area contributed by atoms with Gasteiger partial charge in [-0.15, -0.1) is 0 Å². The first kappa shape index (κ1) is 19.4. The van der Waals surface area contributed by atoms with Gasteiger partial charge in [-0.3, -0.25) is 4.79 Å². The number of rotatable bonds is 5. The summed E-state index contributed by atoms with van der Waals surface area (Å²) < 4.78 is 68.6. The Balaban J connectivity index is 1.61. The summed E-state index contributed by atoms with van der Waals surface area (Å²) in [7, 11) is 0. The molecule has 1 aliphatic heterocycles. The molecule has 27 heavy (non-hydrogen) atoms. The Bertz CT molecular complexity index is 825. The highest BCUT2D eigenvalue weighted by molar-refractivity contribution is 7.99. The van der Waals surface area contributed by atoms with Gasteiger partial charge < -0.3 is 9.64 Å². The SMILES string of the molecule is O=C(c1ccccc1SC(F)F)N1CC(Oc2cccc(C(F)(F)F)n2)C1. The maximum absolute atomic E-state index is 12.7. The van der Waals surface area contributed by atoms with Gasteiger partial charge in [0, 0.05) is 11.0 Å². The number of carbonyl (C=O) groups excluding carboxylic acids is 1. The number of ether oxygens (including phenoxy) is 1. The average Bonchev–Trinajstić information content (AvgIpc) is 2.57. The molecule has 0 unspecified atom stereocenters. The van der Waals surface area contributed by atoms with Crippen molar-refractivity contribution < 1.29 is 31.5 Å². The summed E-state index contributed by atoms with van der Waals surface area (Å²) in [5.74, 6) is -3.27. The van der Waals surface area contributed by atoms with Crippen LogP contribution in [0.2, 0.25) is 0 Å². The molecular formula is C17H13F5N2O2S. The van der Waals surface area contributed by atoms with E-state index in [-0.39, 0.29) is 41.2 Å². The number of halogens is 5. The predicted molar refractivity (Wildman–Crippen MR) is 87.9 cm³/mol. The van der Waals surface area contributed by atoms with Gasteiger partial charge in [0.15, 0.2) is 0 Å². The number of likely N-dealkylation sites (tertiary alicyclic amines) is 1. The van der Waals surface area contributed by atoms with Crippen molar-refractivity contribution in [2.75, 3.05) is 13.1 Å². The van der Waals surface area contributed by atoms with Crippen LogP contribution in [0.4, 0.5) is 22.0 Å². The summed E-state index contributed by atoms with van der Waals surface area (Å²) in [5.41, 5.74) is -0.913. The number of thioether (sulfide) groups is 1. The lowest BCUT2D eigenvalue weighted by Crippen LogP contribution is -2.56. The Kier molecular flexibility index (Phi) is 5.54. The van der Waals surface area contributed by atoms with Gasteiger partial charge in [0.2, 0.25) is 5.88 Å². The molecule has 1 aromatic heterocycles. The third kappa shape index (κ3) is 4.68. The van der Waals surface area contributed by atoms with Crippen LogP contribution in [-0.4, -0.2) is 40.7 Å². The van der Waals surface area contributed by atoms with Gasteiger partial charge in [-0.1, -0.05) is 30.0 Å². The van der Waals surface area contributed by atoms with E-state index in [1.807, 2.05) is 0 Å². The number of carbonyl (C=O) groups is 1. The van der Waals surface area contributed by atoms with E-state index in [1.165, 1.54) is 29.2 Å². The number of hydrogen-bond acceptors (Lipinski definition) is 4. The van der Waals surface area contributed by atoms with Crippen molar-refractivity contribution in [2.24, 2.45) is 0 Å². The van der Waals surface area contributed by atoms with Crippen LogP contribution in [0.15, 0.2) is 47.4 Å². The van der Waals surface area contributed by atoms with Crippen molar-refractivity contribution in [3.05, 3.63) is 53.7 Å². The van der Waals surface area contributed by atoms with E-state index in [0.717, 1.165) is 6.07 Å². The smallest absolute Gasteiger partial charge is 0.433 e. The Morgan fingerprint density at radius 3 is 2.52 bits per heavy atom. The fraction of sp³-hybridized carbons (Fsp3) is 0.294. The fourth-order valence-electron chi connectivity index (χ4n) is 2.50. The second-order valence-electron chi connectivity index (χ2n) is 5.68. The van der Waals surface area contributed by atoms with Crippen LogP contribution in [0.5, 0.6) is 5.88 Å². The van der Waals surface area contributed by atoms with Crippen molar-refractivity contribution in [1.29, 1.82) is 0 Å². The minimum absolute atomic E-state index is 0.129. The molecule has 4 nitrogen and oxygen atoms in total. The molecule has 1 fully saturated rings. The third-order valence-electron chi connectivity index (χ3n) is 3.77. The number of hydrogen-bond donors (Lipinski definition) is 0. The number of nitrogens with zero attached hydrogens (tertiary/aromatic N) is 2. The van der Waals surface area contributed by atoms with E-state index in [9.17, 15) is 26.7 Å². The first-order valence-electron chi connectivity index (χ1n) is 7.78. The van der Waals surface area contributed by atoms with Crippen molar-refractivity contribution in [2.45, 2.75) is 22.9 Å². The topological polar surface area (TPSA) is 42.4 Å². The number of pyridine rings is 1. The summed E-state index contributed by atoms with van der Waals surface area (Å²) in [6.45, 7) is 0.259. The van der Waals surface area contributed by atoms with Gasteiger partial charge in [-0.2, -0.15) is 22.0 Å². The van der Waals surface area contributed by atoms with Crippen LogP contribution in [-0.2, 0) is 6.18 Å². The van der Waals surface area contributed by atoms with Crippen LogP contribution >= 0.6 is 11.8 Å². The Morgan fingerprint density at radius 1 is 1.15 bits per heavy atom. The Hall–Kier alpha value is -2.36. The van der Waals surface area contributed by atoms with Crippen LogP contribution in [0.3, 0.4) is 0 Å². The standard InChI is InChI=1S/C17H13F5N2O2S/c18-16(19)27-12-5-2-1-4-11(12)15(25)24-8-10(9-24)26-14-7-3-6-13(23-14)17(20,21)22/h1-7,10,16H,8-9H2. The number of benzene rings is 1. The lowest BCUT2D eigenvalue weighted by Gasteiger charge is -2.39. The van der Waals surface area contributed by atoms with Gasteiger partial charge in [0.1, 0.15) is 11.8 Å². The highest BCUT2D eigenvalue weighted by atomic mass is 32.2.